The van der Waals surface area contributed by atoms with Gasteiger partial charge in [-0.2, -0.15) is 0 Å². The number of piperazine rings is 1. The number of hydrogen-bond donors (Lipinski definition) is 1. The van der Waals surface area contributed by atoms with Gasteiger partial charge in [0.2, 0.25) is 0 Å². The Morgan fingerprint density at radius 1 is 0.893 bits per heavy atom. The lowest BCUT2D eigenvalue weighted by molar-refractivity contribution is 0.0751. The summed E-state index contributed by atoms with van der Waals surface area (Å²) in [5, 5.41) is 9.46. The van der Waals surface area contributed by atoms with Crippen LogP contribution in [0, 0.1) is 0 Å². The zero-order chi connectivity index (χ0) is 19.1. The number of carbonyl (C=O) groups is 1. The Balaban J connectivity index is 1.31. The van der Waals surface area contributed by atoms with Crippen LogP contribution in [0.3, 0.4) is 0 Å². The molecule has 1 aliphatic carbocycles. The van der Waals surface area contributed by atoms with Crippen LogP contribution in [0.5, 0.6) is 5.75 Å². The summed E-state index contributed by atoms with van der Waals surface area (Å²) in [6, 6.07) is 17.9. The number of aryl methyl sites for hydroxylation is 2. The molecule has 0 bridgehead atoms. The van der Waals surface area contributed by atoms with Gasteiger partial charge in [-0.1, -0.05) is 24.3 Å². The molecule has 5 rings (SSSR count). The van der Waals surface area contributed by atoms with Gasteiger partial charge >= 0.3 is 0 Å². The van der Waals surface area contributed by atoms with Crippen LogP contribution < -0.4 is 4.90 Å². The maximum absolute atomic E-state index is 13.1. The Morgan fingerprint density at radius 3 is 2.39 bits per heavy atom. The average molecular weight is 391 g/mol. The summed E-state index contributed by atoms with van der Waals surface area (Å²) in [6.07, 6.45) is 2.07. The minimum atomic E-state index is 0.155. The van der Waals surface area contributed by atoms with Crippen LogP contribution in [-0.4, -0.2) is 42.1 Å². The second-order valence-electron chi connectivity index (χ2n) is 7.42. The highest BCUT2D eigenvalue weighted by Crippen LogP contribution is 2.39. The fraction of sp³-hybridized carbons (Fsp3) is 0.261. The van der Waals surface area contributed by atoms with E-state index in [4.69, 9.17) is 0 Å². The lowest BCUT2D eigenvalue weighted by atomic mass is 9.91. The zero-order valence-electron chi connectivity index (χ0n) is 15.6. The highest BCUT2D eigenvalue weighted by atomic mass is 32.1. The molecule has 1 saturated heterocycles. The van der Waals surface area contributed by atoms with Crippen LogP contribution in [0.1, 0.15) is 20.8 Å². The fourth-order valence-corrected chi connectivity index (χ4v) is 5.40. The molecule has 1 fully saturated rings. The SMILES string of the molecule is O=C(c1cc2c(s1)-c1ccccc1CC2)N1CCN(c2ccc(O)cc2)CC1. The van der Waals surface area contributed by atoms with E-state index in [0.717, 1.165) is 49.6 Å². The Labute approximate surface area is 168 Å². The quantitative estimate of drug-likeness (QED) is 0.714. The number of fused-ring (bicyclic) bond motifs is 3. The molecule has 3 aromatic rings. The first-order valence-corrected chi connectivity index (χ1v) is 10.5. The summed E-state index contributed by atoms with van der Waals surface area (Å²) in [4.78, 5) is 19.5. The molecule has 5 heteroatoms. The highest BCUT2D eigenvalue weighted by molar-refractivity contribution is 7.17. The van der Waals surface area contributed by atoms with Crippen molar-refractivity contribution in [2.24, 2.45) is 0 Å². The van der Waals surface area contributed by atoms with Gasteiger partial charge in [0, 0.05) is 36.7 Å². The predicted octanol–water partition coefficient (Wildman–Crippen LogP) is 4.18. The Kier molecular flexibility index (Phi) is 4.32. The van der Waals surface area contributed by atoms with Gasteiger partial charge in [-0.25, -0.2) is 0 Å². The molecule has 0 atom stereocenters. The van der Waals surface area contributed by atoms with Crippen molar-refractivity contribution in [3.63, 3.8) is 0 Å². The number of amides is 1. The molecule has 1 N–H and O–H groups in total. The highest BCUT2D eigenvalue weighted by Gasteiger charge is 2.26. The molecule has 2 aromatic carbocycles. The Bertz CT molecular complexity index is 1020. The zero-order valence-corrected chi connectivity index (χ0v) is 16.4. The van der Waals surface area contributed by atoms with Crippen molar-refractivity contribution in [1.82, 2.24) is 4.90 Å². The Hall–Kier alpha value is -2.79. The van der Waals surface area contributed by atoms with E-state index >= 15 is 0 Å². The first-order valence-electron chi connectivity index (χ1n) is 9.73. The molecule has 1 aliphatic heterocycles. The first kappa shape index (κ1) is 17.3. The molecular formula is C23H22N2O2S. The molecule has 28 heavy (non-hydrogen) atoms. The molecule has 2 aliphatic rings. The van der Waals surface area contributed by atoms with Crippen molar-refractivity contribution >= 4 is 22.9 Å². The second kappa shape index (κ2) is 6.99. The van der Waals surface area contributed by atoms with E-state index in [0.29, 0.717) is 0 Å². The lowest BCUT2D eigenvalue weighted by Crippen LogP contribution is -2.48. The maximum atomic E-state index is 13.1. The number of rotatable bonds is 2. The van der Waals surface area contributed by atoms with E-state index in [9.17, 15) is 9.90 Å². The molecular weight excluding hydrogens is 368 g/mol. The summed E-state index contributed by atoms with van der Waals surface area (Å²) in [5.41, 5.74) is 5.09. The normalized spacial score (nSPS) is 15.9. The number of thiophene rings is 1. The van der Waals surface area contributed by atoms with Crippen LogP contribution in [0.2, 0.25) is 0 Å². The molecule has 0 saturated carbocycles. The minimum Gasteiger partial charge on any atom is -0.508 e. The number of nitrogens with zero attached hydrogens (tertiary/aromatic N) is 2. The third kappa shape index (κ3) is 3.06. The van der Waals surface area contributed by atoms with E-state index in [-0.39, 0.29) is 11.7 Å². The van der Waals surface area contributed by atoms with Crippen LogP contribution in [0.25, 0.3) is 10.4 Å². The third-order valence-corrected chi connectivity index (χ3v) is 6.93. The number of phenolic OH excluding ortho intramolecular Hbond substituents is 1. The number of phenols is 1. The predicted molar refractivity (Wildman–Crippen MR) is 113 cm³/mol. The molecule has 0 spiro atoms. The largest absolute Gasteiger partial charge is 0.508 e. The third-order valence-electron chi connectivity index (χ3n) is 5.73. The number of benzene rings is 2. The van der Waals surface area contributed by atoms with E-state index in [1.807, 2.05) is 17.0 Å². The van der Waals surface area contributed by atoms with Gasteiger partial charge in [-0.05, 0) is 59.9 Å². The lowest BCUT2D eigenvalue weighted by Gasteiger charge is -2.36. The van der Waals surface area contributed by atoms with Gasteiger partial charge in [-0.3, -0.25) is 4.79 Å². The van der Waals surface area contributed by atoms with Crippen LogP contribution in [0.15, 0.2) is 54.6 Å². The van der Waals surface area contributed by atoms with Gasteiger partial charge in [0.15, 0.2) is 0 Å². The second-order valence-corrected chi connectivity index (χ2v) is 8.47. The van der Waals surface area contributed by atoms with Crippen LogP contribution in [0.4, 0.5) is 5.69 Å². The van der Waals surface area contributed by atoms with Gasteiger partial charge in [0.05, 0.1) is 4.88 Å². The maximum Gasteiger partial charge on any atom is 0.264 e. The van der Waals surface area contributed by atoms with Crippen LogP contribution >= 0.6 is 11.3 Å². The van der Waals surface area contributed by atoms with Crippen LogP contribution in [-0.2, 0) is 12.8 Å². The van der Waals surface area contributed by atoms with Gasteiger partial charge in [0.1, 0.15) is 5.75 Å². The first-order chi connectivity index (χ1) is 13.7. The number of aromatic hydroxyl groups is 1. The van der Waals surface area contributed by atoms with Gasteiger partial charge in [0.25, 0.3) is 5.91 Å². The van der Waals surface area contributed by atoms with E-state index in [2.05, 4.69) is 35.2 Å². The summed E-state index contributed by atoms with van der Waals surface area (Å²) in [7, 11) is 0. The average Bonchev–Trinajstić information content (AvgIpc) is 3.19. The monoisotopic (exact) mass is 390 g/mol. The van der Waals surface area contributed by atoms with Gasteiger partial charge < -0.3 is 14.9 Å². The van der Waals surface area contributed by atoms with E-state index < -0.39 is 0 Å². The number of anilines is 1. The molecule has 1 aromatic heterocycles. The molecule has 0 radical (unpaired) electrons. The summed E-state index contributed by atoms with van der Waals surface area (Å²) >= 11 is 1.65. The van der Waals surface area contributed by atoms with Crippen molar-refractivity contribution in [3.8, 4) is 16.2 Å². The van der Waals surface area contributed by atoms with Crippen molar-refractivity contribution in [1.29, 1.82) is 0 Å². The van der Waals surface area contributed by atoms with Gasteiger partial charge in [-0.15, -0.1) is 11.3 Å². The Morgan fingerprint density at radius 2 is 1.61 bits per heavy atom. The topological polar surface area (TPSA) is 43.8 Å². The molecule has 4 nitrogen and oxygen atoms in total. The fourth-order valence-electron chi connectivity index (χ4n) is 4.16. The van der Waals surface area contributed by atoms with Crippen molar-refractivity contribution in [2.75, 3.05) is 31.1 Å². The van der Waals surface area contributed by atoms with Crippen molar-refractivity contribution in [2.45, 2.75) is 12.8 Å². The number of hydrogen-bond acceptors (Lipinski definition) is 4. The summed E-state index contributed by atoms with van der Waals surface area (Å²) < 4.78 is 0. The molecule has 142 valence electrons. The van der Waals surface area contributed by atoms with E-state index in [1.54, 1.807) is 23.5 Å². The smallest absolute Gasteiger partial charge is 0.264 e. The molecule has 1 amide bonds. The van der Waals surface area contributed by atoms with Crippen molar-refractivity contribution in [3.05, 3.63) is 70.6 Å². The van der Waals surface area contributed by atoms with E-state index in [1.165, 1.54) is 21.6 Å². The summed E-state index contributed by atoms with van der Waals surface area (Å²) in [6.45, 7) is 3.06. The summed E-state index contributed by atoms with van der Waals surface area (Å²) in [5.74, 6) is 0.433. The standard InChI is InChI=1S/C23H22N2O2S/c26-19-9-7-18(8-10-19)24-11-13-25(14-12-24)23(27)21-15-17-6-5-16-3-1-2-4-20(16)22(17)28-21/h1-4,7-10,15,26H,5-6,11-14H2. The number of carbonyl (C=O) groups excluding carboxylic acids is 1. The molecule has 2 heterocycles. The molecule has 0 unspecified atom stereocenters. The minimum absolute atomic E-state index is 0.155. The van der Waals surface area contributed by atoms with Crippen molar-refractivity contribution < 1.29 is 9.90 Å².